The van der Waals surface area contributed by atoms with Crippen molar-refractivity contribution in [2.45, 2.75) is 13.3 Å². The van der Waals surface area contributed by atoms with E-state index in [-0.39, 0.29) is 6.61 Å². The molecule has 1 fully saturated rings. The summed E-state index contributed by atoms with van der Waals surface area (Å²) in [4.78, 5) is 2.31. The highest BCUT2D eigenvalue weighted by Gasteiger charge is 2.14. The van der Waals surface area contributed by atoms with Crippen molar-refractivity contribution in [3.8, 4) is 0 Å². The summed E-state index contributed by atoms with van der Waals surface area (Å²) < 4.78 is 11.2. The third kappa shape index (κ3) is 4.20. The summed E-state index contributed by atoms with van der Waals surface area (Å²) in [6, 6.07) is 0. The molecule has 78 valence electrons. The smallest absolute Gasteiger partial charge is 0.0468 e. The molecular formula is C9H19NO2S. The van der Waals surface area contributed by atoms with Crippen molar-refractivity contribution >= 4 is 10.8 Å². The van der Waals surface area contributed by atoms with Crippen LogP contribution in [-0.2, 0) is 10.8 Å². The standard InChI is InChI=1S/C9H19NO2S/c1-9(8-11)7-10-3-2-5-13(12)6-4-10/h9,11H,2-8H2,1H3. The highest BCUT2D eigenvalue weighted by atomic mass is 32.2. The maximum Gasteiger partial charge on any atom is 0.0468 e. The molecule has 0 bridgehead atoms. The minimum absolute atomic E-state index is 0.250. The van der Waals surface area contributed by atoms with Gasteiger partial charge in [-0.2, -0.15) is 0 Å². The van der Waals surface area contributed by atoms with E-state index in [0.29, 0.717) is 5.92 Å². The number of hydrogen-bond donors (Lipinski definition) is 1. The van der Waals surface area contributed by atoms with Crippen molar-refractivity contribution in [2.24, 2.45) is 5.92 Å². The molecule has 0 aliphatic carbocycles. The van der Waals surface area contributed by atoms with E-state index in [4.69, 9.17) is 5.11 Å². The first kappa shape index (κ1) is 11.1. The van der Waals surface area contributed by atoms with Crippen LogP contribution >= 0.6 is 0 Å². The van der Waals surface area contributed by atoms with Crippen molar-refractivity contribution in [3.63, 3.8) is 0 Å². The number of rotatable bonds is 3. The zero-order valence-corrected chi connectivity index (χ0v) is 9.05. The molecule has 0 aromatic carbocycles. The van der Waals surface area contributed by atoms with Crippen LogP contribution in [0.25, 0.3) is 0 Å². The molecule has 13 heavy (non-hydrogen) atoms. The molecular weight excluding hydrogens is 186 g/mol. The van der Waals surface area contributed by atoms with Crippen molar-refractivity contribution in [1.82, 2.24) is 4.90 Å². The molecule has 0 aromatic rings. The summed E-state index contributed by atoms with van der Waals surface area (Å²) in [7, 11) is -0.599. The lowest BCUT2D eigenvalue weighted by Gasteiger charge is -2.22. The second kappa shape index (κ2) is 5.73. The van der Waals surface area contributed by atoms with Crippen LogP contribution in [0.15, 0.2) is 0 Å². The fraction of sp³-hybridized carbons (Fsp3) is 1.00. The number of nitrogens with zero attached hydrogens (tertiary/aromatic N) is 1. The van der Waals surface area contributed by atoms with Gasteiger partial charge in [0.1, 0.15) is 0 Å². The van der Waals surface area contributed by atoms with Crippen molar-refractivity contribution < 1.29 is 9.32 Å². The number of aliphatic hydroxyl groups is 1. The molecule has 1 saturated heterocycles. The average Bonchev–Trinajstić information content (AvgIpc) is 2.31. The van der Waals surface area contributed by atoms with Crippen LogP contribution in [0.1, 0.15) is 13.3 Å². The number of aliphatic hydroxyl groups excluding tert-OH is 1. The first-order chi connectivity index (χ1) is 6.22. The summed E-state index contributed by atoms with van der Waals surface area (Å²) in [6.07, 6.45) is 1.03. The fourth-order valence-corrected chi connectivity index (χ4v) is 2.69. The van der Waals surface area contributed by atoms with E-state index in [9.17, 15) is 4.21 Å². The van der Waals surface area contributed by atoms with Gasteiger partial charge in [0, 0.05) is 42.0 Å². The molecule has 0 saturated carbocycles. The van der Waals surface area contributed by atoms with Crippen LogP contribution in [0.4, 0.5) is 0 Å². The Morgan fingerprint density at radius 3 is 2.92 bits per heavy atom. The predicted octanol–water partition coefficient (Wildman–Crippen LogP) is 0.0692. The molecule has 1 N–H and O–H groups in total. The van der Waals surface area contributed by atoms with E-state index in [1.165, 1.54) is 0 Å². The van der Waals surface area contributed by atoms with Gasteiger partial charge in [-0.25, -0.2) is 0 Å². The average molecular weight is 205 g/mol. The van der Waals surface area contributed by atoms with Gasteiger partial charge in [-0.1, -0.05) is 6.92 Å². The van der Waals surface area contributed by atoms with Gasteiger partial charge in [0.25, 0.3) is 0 Å². The van der Waals surface area contributed by atoms with E-state index in [0.717, 1.165) is 37.6 Å². The topological polar surface area (TPSA) is 40.5 Å². The van der Waals surface area contributed by atoms with Gasteiger partial charge in [0.05, 0.1) is 0 Å². The Bertz CT molecular complexity index is 175. The highest BCUT2D eigenvalue weighted by Crippen LogP contribution is 2.05. The molecule has 1 heterocycles. The normalized spacial score (nSPS) is 28.3. The first-order valence-electron chi connectivity index (χ1n) is 4.90. The maximum absolute atomic E-state index is 11.2. The van der Waals surface area contributed by atoms with Gasteiger partial charge in [-0.15, -0.1) is 0 Å². The highest BCUT2D eigenvalue weighted by molar-refractivity contribution is 7.85. The van der Waals surface area contributed by atoms with Crippen molar-refractivity contribution in [3.05, 3.63) is 0 Å². The molecule has 3 nitrogen and oxygen atoms in total. The monoisotopic (exact) mass is 205 g/mol. The van der Waals surface area contributed by atoms with Crippen LogP contribution in [0.3, 0.4) is 0 Å². The van der Waals surface area contributed by atoms with E-state index < -0.39 is 10.8 Å². The SMILES string of the molecule is CC(CO)CN1CCCS(=O)CC1. The zero-order chi connectivity index (χ0) is 9.68. The third-order valence-electron chi connectivity index (χ3n) is 2.36. The summed E-state index contributed by atoms with van der Waals surface area (Å²) in [6.45, 7) is 5.20. The Kier molecular flexibility index (Phi) is 4.91. The maximum atomic E-state index is 11.2. The minimum Gasteiger partial charge on any atom is -0.396 e. The molecule has 1 rings (SSSR count). The van der Waals surface area contributed by atoms with Crippen LogP contribution in [0, 0.1) is 5.92 Å². The van der Waals surface area contributed by atoms with E-state index in [1.807, 2.05) is 6.92 Å². The molecule has 2 atom stereocenters. The van der Waals surface area contributed by atoms with Gasteiger partial charge >= 0.3 is 0 Å². The van der Waals surface area contributed by atoms with Gasteiger partial charge in [-0.05, 0) is 18.9 Å². The largest absolute Gasteiger partial charge is 0.396 e. The second-order valence-electron chi connectivity index (χ2n) is 3.79. The summed E-state index contributed by atoms with van der Waals surface area (Å²) in [5.74, 6) is 1.99. The van der Waals surface area contributed by atoms with Gasteiger partial charge < -0.3 is 10.0 Å². The molecule has 1 aliphatic rings. The zero-order valence-electron chi connectivity index (χ0n) is 8.24. The van der Waals surface area contributed by atoms with Crippen molar-refractivity contribution in [1.29, 1.82) is 0 Å². The molecule has 4 heteroatoms. The summed E-state index contributed by atoms with van der Waals surface area (Å²) >= 11 is 0. The Balaban J connectivity index is 2.29. The fourth-order valence-electron chi connectivity index (χ4n) is 1.58. The van der Waals surface area contributed by atoms with E-state index >= 15 is 0 Å². The Hall–Kier alpha value is 0.0700. The summed E-state index contributed by atoms with van der Waals surface area (Å²) in [5.41, 5.74) is 0. The van der Waals surface area contributed by atoms with Gasteiger partial charge in [0.2, 0.25) is 0 Å². The predicted molar refractivity (Wildman–Crippen MR) is 55.2 cm³/mol. The molecule has 0 spiro atoms. The lowest BCUT2D eigenvalue weighted by Crippen LogP contribution is -2.32. The lowest BCUT2D eigenvalue weighted by atomic mass is 10.2. The number of hydrogen-bond acceptors (Lipinski definition) is 3. The van der Waals surface area contributed by atoms with Gasteiger partial charge in [0.15, 0.2) is 0 Å². The van der Waals surface area contributed by atoms with Crippen molar-refractivity contribution in [2.75, 3.05) is 37.7 Å². The first-order valence-corrected chi connectivity index (χ1v) is 6.39. The quantitative estimate of drug-likeness (QED) is 0.709. The minimum atomic E-state index is -0.599. The Morgan fingerprint density at radius 1 is 1.46 bits per heavy atom. The van der Waals surface area contributed by atoms with Crippen LogP contribution in [0.2, 0.25) is 0 Å². The third-order valence-corrected chi connectivity index (χ3v) is 3.75. The Labute approximate surface area is 82.6 Å². The molecule has 1 aliphatic heterocycles. The van der Waals surface area contributed by atoms with Gasteiger partial charge in [-0.3, -0.25) is 4.21 Å². The van der Waals surface area contributed by atoms with Crippen LogP contribution in [0.5, 0.6) is 0 Å². The molecule has 2 unspecified atom stereocenters. The summed E-state index contributed by atoms with van der Waals surface area (Å²) in [5, 5.41) is 8.90. The molecule has 0 radical (unpaired) electrons. The lowest BCUT2D eigenvalue weighted by molar-refractivity contribution is 0.179. The van der Waals surface area contributed by atoms with E-state index in [1.54, 1.807) is 0 Å². The second-order valence-corrected chi connectivity index (χ2v) is 5.49. The van der Waals surface area contributed by atoms with E-state index in [2.05, 4.69) is 4.90 Å². The Morgan fingerprint density at radius 2 is 2.23 bits per heavy atom. The van der Waals surface area contributed by atoms with Crippen LogP contribution < -0.4 is 0 Å². The molecule has 0 aromatic heterocycles. The van der Waals surface area contributed by atoms with Crippen LogP contribution in [-0.4, -0.2) is 52.0 Å². The molecule has 0 amide bonds.